The third-order valence-electron chi connectivity index (χ3n) is 2.02. The Kier molecular flexibility index (Phi) is 4.61. The van der Waals surface area contributed by atoms with Gasteiger partial charge in [-0.05, 0) is 0 Å². The second-order valence-corrected chi connectivity index (χ2v) is 3.46. The van der Waals surface area contributed by atoms with Crippen LogP contribution >= 0.6 is 0 Å². The molecule has 0 aliphatic rings. The second kappa shape index (κ2) is 5.97. The summed E-state index contributed by atoms with van der Waals surface area (Å²) in [6.45, 7) is -0.398. The summed E-state index contributed by atoms with van der Waals surface area (Å²) in [6, 6.07) is -2.12. The van der Waals surface area contributed by atoms with Crippen LogP contribution in [0.2, 0.25) is 0 Å². The molecule has 0 amide bonds. The van der Waals surface area contributed by atoms with Crippen molar-refractivity contribution in [3.63, 3.8) is 0 Å². The standard InChI is InChI=1S/C9H14N4O4/c10-6(1-5-2-12-4-13-5)9(16)17-3-7(11)8(14)15/h2,4,6-7H,1,3,10-11H2,(H,12,13)(H,14,15)/t6-,7-/m0/s1. The zero-order valence-corrected chi connectivity index (χ0v) is 9.00. The molecule has 1 heterocycles. The molecule has 8 nitrogen and oxygen atoms in total. The van der Waals surface area contributed by atoms with Crippen LogP contribution in [-0.2, 0) is 20.7 Å². The Labute approximate surface area is 97.0 Å². The Bertz CT molecular complexity index is 378. The van der Waals surface area contributed by atoms with E-state index in [1.54, 1.807) is 0 Å². The maximum absolute atomic E-state index is 11.4. The van der Waals surface area contributed by atoms with Crippen molar-refractivity contribution >= 4 is 11.9 Å². The number of nitrogens with zero attached hydrogens (tertiary/aromatic N) is 1. The van der Waals surface area contributed by atoms with E-state index in [1.807, 2.05) is 0 Å². The monoisotopic (exact) mass is 242 g/mol. The molecule has 8 heteroatoms. The van der Waals surface area contributed by atoms with Gasteiger partial charge in [0.15, 0.2) is 0 Å². The number of esters is 1. The summed E-state index contributed by atoms with van der Waals surface area (Å²) in [6.07, 6.45) is 3.24. The summed E-state index contributed by atoms with van der Waals surface area (Å²) in [4.78, 5) is 28.3. The van der Waals surface area contributed by atoms with Crippen molar-refractivity contribution < 1.29 is 19.4 Å². The first-order valence-corrected chi connectivity index (χ1v) is 4.88. The third kappa shape index (κ3) is 4.21. The van der Waals surface area contributed by atoms with Crippen molar-refractivity contribution in [1.82, 2.24) is 9.97 Å². The molecule has 17 heavy (non-hydrogen) atoms. The van der Waals surface area contributed by atoms with Gasteiger partial charge < -0.3 is 26.3 Å². The van der Waals surface area contributed by atoms with Crippen molar-refractivity contribution in [3.8, 4) is 0 Å². The van der Waals surface area contributed by atoms with E-state index in [-0.39, 0.29) is 6.42 Å². The Balaban J connectivity index is 2.34. The molecule has 2 atom stereocenters. The predicted molar refractivity (Wildman–Crippen MR) is 56.8 cm³/mol. The molecule has 0 spiro atoms. The first-order chi connectivity index (χ1) is 8.00. The van der Waals surface area contributed by atoms with E-state index < -0.39 is 30.6 Å². The van der Waals surface area contributed by atoms with Crippen molar-refractivity contribution in [3.05, 3.63) is 18.2 Å². The van der Waals surface area contributed by atoms with E-state index >= 15 is 0 Å². The van der Waals surface area contributed by atoms with E-state index in [0.29, 0.717) is 5.69 Å². The molecule has 0 aliphatic heterocycles. The molecule has 1 aromatic rings. The lowest BCUT2D eigenvalue weighted by atomic mass is 10.2. The molecule has 0 aliphatic carbocycles. The van der Waals surface area contributed by atoms with Gasteiger partial charge in [0.25, 0.3) is 0 Å². The van der Waals surface area contributed by atoms with Crippen LogP contribution in [0, 0.1) is 0 Å². The fraction of sp³-hybridized carbons (Fsp3) is 0.444. The summed E-state index contributed by atoms with van der Waals surface area (Å²) < 4.78 is 4.67. The van der Waals surface area contributed by atoms with Crippen molar-refractivity contribution in [2.45, 2.75) is 18.5 Å². The van der Waals surface area contributed by atoms with Gasteiger partial charge in [-0.25, -0.2) is 4.98 Å². The van der Waals surface area contributed by atoms with E-state index in [0.717, 1.165) is 0 Å². The number of carbonyl (C=O) groups is 2. The Morgan fingerprint density at radius 3 is 2.71 bits per heavy atom. The molecule has 0 fully saturated rings. The highest BCUT2D eigenvalue weighted by molar-refractivity contribution is 5.77. The fourth-order valence-corrected chi connectivity index (χ4v) is 1.07. The molecule has 1 aromatic heterocycles. The Morgan fingerprint density at radius 2 is 2.18 bits per heavy atom. The summed E-state index contributed by atoms with van der Waals surface area (Å²) in [5, 5.41) is 8.48. The van der Waals surface area contributed by atoms with Crippen molar-refractivity contribution in [2.75, 3.05) is 6.61 Å². The lowest BCUT2D eigenvalue weighted by Crippen LogP contribution is -2.40. The minimum atomic E-state index is -1.24. The average molecular weight is 242 g/mol. The lowest BCUT2D eigenvalue weighted by molar-refractivity contribution is -0.149. The number of hydrogen-bond donors (Lipinski definition) is 4. The molecule has 0 aromatic carbocycles. The van der Waals surface area contributed by atoms with Gasteiger partial charge in [0.1, 0.15) is 18.7 Å². The molecule has 0 unspecified atom stereocenters. The summed E-state index contributed by atoms with van der Waals surface area (Å²) in [5.41, 5.74) is 11.4. The van der Waals surface area contributed by atoms with Crippen LogP contribution in [0.1, 0.15) is 5.69 Å². The summed E-state index contributed by atoms with van der Waals surface area (Å²) in [7, 11) is 0. The van der Waals surface area contributed by atoms with Gasteiger partial charge in [0.2, 0.25) is 0 Å². The number of hydrogen-bond acceptors (Lipinski definition) is 6. The third-order valence-corrected chi connectivity index (χ3v) is 2.02. The summed E-state index contributed by atoms with van der Waals surface area (Å²) in [5.74, 6) is -1.93. The normalized spacial score (nSPS) is 14.0. The van der Waals surface area contributed by atoms with Crippen LogP contribution in [-0.4, -0.2) is 45.7 Å². The Morgan fingerprint density at radius 1 is 1.47 bits per heavy atom. The largest absolute Gasteiger partial charge is 0.480 e. The number of imidazole rings is 1. The van der Waals surface area contributed by atoms with Gasteiger partial charge in [-0.2, -0.15) is 0 Å². The first-order valence-electron chi connectivity index (χ1n) is 4.88. The lowest BCUT2D eigenvalue weighted by Gasteiger charge is -2.12. The number of nitrogens with one attached hydrogen (secondary N) is 1. The predicted octanol–water partition coefficient (Wildman–Crippen LogP) is -1.77. The van der Waals surface area contributed by atoms with Gasteiger partial charge in [0.05, 0.1) is 6.33 Å². The highest BCUT2D eigenvalue weighted by atomic mass is 16.5. The average Bonchev–Trinajstić information content (AvgIpc) is 2.77. The van der Waals surface area contributed by atoms with Gasteiger partial charge in [-0.3, -0.25) is 9.59 Å². The number of aromatic amines is 1. The number of aliphatic carboxylic acids is 1. The molecular formula is C9H14N4O4. The smallest absolute Gasteiger partial charge is 0.324 e. The molecular weight excluding hydrogens is 228 g/mol. The Hall–Kier alpha value is -1.93. The van der Waals surface area contributed by atoms with Gasteiger partial charge >= 0.3 is 11.9 Å². The van der Waals surface area contributed by atoms with Gasteiger partial charge in [-0.1, -0.05) is 0 Å². The van der Waals surface area contributed by atoms with Crippen molar-refractivity contribution in [2.24, 2.45) is 11.5 Å². The van der Waals surface area contributed by atoms with Gasteiger partial charge in [0, 0.05) is 18.3 Å². The van der Waals surface area contributed by atoms with Crippen LogP contribution in [0.3, 0.4) is 0 Å². The topological polar surface area (TPSA) is 144 Å². The number of carboxylic acids is 1. The second-order valence-electron chi connectivity index (χ2n) is 3.46. The molecule has 0 saturated heterocycles. The number of carboxylic acid groups (broad SMARTS) is 1. The maximum atomic E-state index is 11.4. The van der Waals surface area contributed by atoms with Crippen LogP contribution in [0.15, 0.2) is 12.5 Å². The molecule has 1 rings (SSSR count). The van der Waals surface area contributed by atoms with Crippen molar-refractivity contribution in [1.29, 1.82) is 0 Å². The number of aromatic nitrogens is 2. The quantitative estimate of drug-likeness (QED) is 0.432. The molecule has 0 bridgehead atoms. The summed E-state index contributed by atoms with van der Waals surface area (Å²) >= 11 is 0. The van der Waals surface area contributed by atoms with Crippen LogP contribution in [0.25, 0.3) is 0 Å². The highest BCUT2D eigenvalue weighted by Gasteiger charge is 2.19. The van der Waals surface area contributed by atoms with E-state index in [9.17, 15) is 9.59 Å². The molecule has 0 saturated carbocycles. The number of carbonyl (C=O) groups excluding carboxylic acids is 1. The van der Waals surface area contributed by atoms with E-state index in [4.69, 9.17) is 16.6 Å². The van der Waals surface area contributed by atoms with Crippen LogP contribution < -0.4 is 11.5 Å². The first kappa shape index (κ1) is 13.1. The number of ether oxygens (including phenoxy) is 1. The molecule has 94 valence electrons. The van der Waals surface area contributed by atoms with E-state index in [1.165, 1.54) is 12.5 Å². The molecule has 6 N–H and O–H groups in total. The minimum Gasteiger partial charge on any atom is -0.480 e. The number of rotatable bonds is 6. The van der Waals surface area contributed by atoms with Gasteiger partial charge in [-0.15, -0.1) is 0 Å². The molecule has 0 radical (unpaired) electrons. The number of nitrogens with two attached hydrogens (primary N) is 2. The highest BCUT2D eigenvalue weighted by Crippen LogP contribution is 1.98. The van der Waals surface area contributed by atoms with Crippen LogP contribution in [0.5, 0.6) is 0 Å². The minimum absolute atomic E-state index is 0.237. The van der Waals surface area contributed by atoms with E-state index in [2.05, 4.69) is 14.7 Å². The zero-order chi connectivity index (χ0) is 12.8. The zero-order valence-electron chi connectivity index (χ0n) is 9.00. The maximum Gasteiger partial charge on any atom is 0.324 e. The SMILES string of the molecule is N[C@@H](COC(=O)[C@@H](N)Cc1cnc[nH]1)C(=O)O. The fourth-order valence-electron chi connectivity index (χ4n) is 1.07. The number of H-pyrrole nitrogens is 1. The van der Waals surface area contributed by atoms with Crippen LogP contribution in [0.4, 0.5) is 0 Å².